The average molecular weight is 301 g/mol. The van der Waals surface area contributed by atoms with E-state index in [0.717, 1.165) is 31.7 Å². The fraction of sp³-hybridized carbons (Fsp3) is 0.571. The molecule has 0 aromatic heterocycles. The zero-order valence-electron chi connectivity index (χ0n) is 11.5. The molecule has 0 amide bonds. The minimum atomic E-state index is -3.77. The van der Waals surface area contributed by atoms with Gasteiger partial charge in [-0.05, 0) is 43.4 Å². The molecule has 6 heteroatoms. The third-order valence-electron chi connectivity index (χ3n) is 3.88. The van der Waals surface area contributed by atoms with Crippen molar-refractivity contribution < 1.29 is 17.9 Å². The molecular formula is C14H20FNO3S. The van der Waals surface area contributed by atoms with E-state index in [9.17, 15) is 17.9 Å². The first-order chi connectivity index (χ1) is 9.40. The molecule has 1 atom stereocenters. The van der Waals surface area contributed by atoms with Gasteiger partial charge in [-0.15, -0.1) is 0 Å². The Labute approximate surface area is 119 Å². The van der Waals surface area contributed by atoms with Crippen LogP contribution in [0.15, 0.2) is 23.1 Å². The molecule has 0 aliphatic heterocycles. The Balaban J connectivity index is 2.01. The van der Waals surface area contributed by atoms with Gasteiger partial charge in [0, 0.05) is 6.54 Å². The van der Waals surface area contributed by atoms with Gasteiger partial charge in [-0.25, -0.2) is 17.5 Å². The van der Waals surface area contributed by atoms with Gasteiger partial charge in [0.05, 0.1) is 11.0 Å². The Kier molecular flexibility index (Phi) is 4.78. The van der Waals surface area contributed by atoms with Crippen LogP contribution in [0.25, 0.3) is 0 Å². The van der Waals surface area contributed by atoms with Crippen LogP contribution in [0.3, 0.4) is 0 Å². The molecule has 1 aromatic carbocycles. The van der Waals surface area contributed by atoms with Crippen molar-refractivity contribution in [2.45, 2.75) is 43.6 Å². The standard InChI is InChI=1S/C14H20FNO3S/c1-10-6-7-12(8-13(10)15)20(18,19)16-9-14(17)11-4-2-3-5-11/h6-8,11,14,16-17H,2-5,9H2,1H3. The van der Waals surface area contributed by atoms with E-state index < -0.39 is 21.9 Å². The van der Waals surface area contributed by atoms with Gasteiger partial charge in [0.15, 0.2) is 0 Å². The fourth-order valence-electron chi connectivity index (χ4n) is 2.53. The lowest BCUT2D eigenvalue weighted by atomic mass is 10.0. The topological polar surface area (TPSA) is 66.4 Å². The molecule has 0 radical (unpaired) electrons. The minimum Gasteiger partial charge on any atom is -0.391 e. The smallest absolute Gasteiger partial charge is 0.240 e. The zero-order valence-corrected chi connectivity index (χ0v) is 12.3. The molecule has 0 heterocycles. The third-order valence-corrected chi connectivity index (χ3v) is 5.30. The van der Waals surface area contributed by atoms with Crippen LogP contribution < -0.4 is 4.72 Å². The summed E-state index contributed by atoms with van der Waals surface area (Å²) in [5.74, 6) is -0.392. The first kappa shape index (κ1) is 15.4. The van der Waals surface area contributed by atoms with Crippen molar-refractivity contribution in [2.24, 2.45) is 5.92 Å². The second-order valence-electron chi connectivity index (χ2n) is 5.37. The summed E-state index contributed by atoms with van der Waals surface area (Å²) in [4.78, 5) is -0.112. The SMILES string of the molecule is Cc1ccc(S(=O)(=O)NCC(O)C2CCCC2)cc1F. The van der Waals surface area contributed by atoms with Gasteiger partial charge in [0.25, 0.3) is 0 Å². The van der Waals surface area contributed by atoms with Crippen LogP contribution in [0.1, 0.15) is 31.2 Å². The summed E-state index contributed by atoms with van der Waals surface area (Å²) >= 11 is 0. The van der Waals surface area contributed by atoms with Crippen molar-refractivity contribution in [3.05, 3.63) is 29.6 Å². The number of aliphatic hydroxyl groups excluding tert-OH is 1. The minimum absolute atomic E-state index is 0.0253. The zero-order chi connectivity index (χ0) is 14.8. The number of nitrogens with one attached hydrogen (secondary N) is 1. The van der Waals surface area contributed by atoms with Crippen LogP contribution in [0.2, 0.25) is 0 Å². The molecule has 1 fully saturated rings. The molecule has 2 rings (SSSR count). The van der Waals surface area contributed by atoms with Crippen molar-refractivity contribution >= 4 is 10.0 Å². The highest BCUT2D eigenvalue weighted by atomic mass is 32.2. The van der Waals surface area contributed by atoms with Crippen molar-refractivity contribution in [1.82, 2.24) is 4.72 Å². The van der Waals surface area contributed by atoms with Crippen molar-refractivity contribution in [2.75, 3.05) is 6.54 Å². The summed E-state index contributed by atoms with van der Waals surface area (Å²) in [6.45, 7) is 1.55. The number of benzene rings is 1. The number of hydrogen-bond acceptors (Lipinski definition) is 3. The molecule has 0 spiro atoms. The molecule has 1 unspecified atom stereocenters. The number of sulfonamides is 1. The first-order valence-corrected chi connectivity index (χ1v) is 8.32. The molecule has 2 N–H and O–H groups in total. The van der Waals surface area contributed by atoms with E-state index in [0.29, 0.717) is 5.56 Å². The Morgan fingerprint density at radius 1 is 1.40 bits per heavy atom. The predicted octanol–water partition coefficient (Wildman–Crippen LogP) is 1.96. The Morgan fingerprint density at radius 2 is 2.05 bits per heavy atom. The molecule has 1 aliphatic rings. The van der Waals surface area contributed by atoms with Crippen LogP contribution in [0.4, 0.5) is 4.39 Å². The highest BCUT2D eigenvalue weighted by molar-refractivity contribution is 7.89. The van der Waals surface area contributed by atoms with E-state index >= 15 is 0 Å². The first-order valence-electron chi connectivity index (χ1n) is 6.84. The van der Waals surface area contributed by atoms with Crippen LogP contribution >= 0.6 is 0 Å². The Morgan fingerprint density at radius 3 is 2.65 bits per heavy atom. The summed E-state index contributed by atoms with van der Waals surface area (Å²) in [5.41, 5.74) is 0.398. The molecule has 4 nitrogen and oxygen atoms in total. The molecule has 1 aromatic rings. The number of aryl methyl sites for hydroxylation is 1. The summed E-state index contributed by atoms with van der Waals surface area (Å²) in [7, 11) is -3.77. The summed E-state index contributed by atoms with van der Waals surface area (Å²) < 4.78 is 39.8. The number of halogens is 1. The van der Waals surface area contributed by atoms with Crippen molar-refractivity contribution in [3.8, 4) is 0 Å². The molecule has 112 valence electrons. The summed E-state index contributed by atoms with van der Waals surface area (Å²) in [6, 6.07) is 3.79. The highest BCUT2D eigenvalue weighted by Gasteiger charge is 2.25. The monoisotopic (exact) mass is 301 g/mol. The third kappa shape index (κ3) is 3.56. The Bertz CT molecular complexity index is 568. The van der Waals surface area contributed by atoms with E-state index in [1.807, 2.05) is 0 Å². The lowest BCUT2D eigenvalue weighted by Gasteiger charge is -2.18. The van der Waals surface area contributed by atoms with E-state index in [1.165, 1.54) is 12.1 Å². The fourth-order valence-corrected chi connectivity index (χ4v) is 3.59. The van der Waals surface area contributed by atoms with Gasteiger partial charge in [-0.3, -0.25) is 0 Å². The average Bonchev–Trinajstić information content (AvgIpc) is 2.93. The quantitative estimate of drug-likeness (QED) is 0.874. The molecule has 0 bridgehead atoms. The second kappa shape index (κ2) is 6.20. The summed E-state index contributed by atoms with van der Waals surface area (Å²) in [6.07, 6.45) is 3.35. The number of hydrogen-bond donors (Lipinski definition) is 2. The Hall–Kier alpha value is -0.980. The van der Waals surface area contributed by atoms with Gasteiger partial charge in [-0.1, -0.05) is 18.9 Å². The highest BCUT2D eigenvalue weighted by Crippen LogP contribution is 2.27. The lowest BCUT2D eigenvalue weighted by molar-refractivity contribution is 0.115. The number of rotatable bonds is 5. The van der Waals surface area contributed by atoms with Gasteiger partial charge >= 0.3 is 0 Å². The maximum absolute atomic E-state index is 13.4. The largest absolute Gasteiger partial charge is 0.391 e. The molecule has 0 saturated heterocycles. The number of aliphatic hydroxyl groups is 1. The van der Waals surface area contributed by atoms with E-state index in [-0.39, 0.29) is 17.4 Å². The molecule has 20 heavy (non-hydrogen) atoms. The van der Waals surface area contributed by atoms with Gasteiger partial charge in [-0.2, -0.15) is 0 Å². The normalized spacial score (nSPS) is 18.4. The molecular weight excluding hydrogens is 281 g/mol. The predicted molar refractivity (Wildman–Crippen MR) is 74.3 cm³/mol. The maximum atomic E-state index is 13.4. The van der Waals surface area contributed by atoms with Crippen LogP contribution in [0.5, 0.6) is 0 Å². The van der Waals surface area contributed by atoms with Gasteiger partial charge in [0.1, 0.15) is 5.82 Å². The van der Waals surface area contributed by atoms with Crippen molar-refractivity contribution in [1.29, 1.82) is 0 Å². The molecule has 1 saturated carbocycles. The molecule has 1 aliphatic carbocycles. The summed E-state index contributed by atoms with van der Waals surface area (Å²) in [5, 5.41) is 9.96. The second-order valence-corrected chi connectivity index (χ2v) is 7.14. The van der Waals surface area contributed by atoms with E-state index in [4.69, 9.17) is 0 Å². The van der Waals surface area contributed by atoms with Crippen LogP contribution in [-0.4, -0.2) is 26.2 Å². The van der Waals surface area contributed by atoms with E-state index in [2.05, 4.69) is 4.72 Å². The lowest BCUT2D eigenvalue weighted by Crippen LogP contribution is -2.35. The maximum Gasteiger partial charge on any atom is 0.240 e. The van der Waals surface area contributed by atoms with Crippen molar-refractivity contribution in [3.63, 3.8) is 0 Å². The van der Waals surface area contributed by atoms with Gasteiger partial charge in [0.2, 0.25) is 10.0 Å². The van der Waals surface area contributed by atoms with Crippen LogP contribution in [-0.2, 0) is 10.0 Å². The van der Waals surface area contributed by atoms with E-state index in [1.54, 1.807) is 6.92 Å². The van der Waals surface area contributed by atoms with Gasteiger partial charge < -0.3 is 5.11 Å². The van der Waals surface area contributed by atoms with Crippen LogP contribution in [0, 0.1) is 18.7 Å².